The highest BCUT2D eigenvalue weighted by atomic mass is 35.5. The van der Waals surface area contributed by atoms with E-state index in [1.165, 1.54) is 6.07 Å². The number of benzene rings is 2. The third-order valence-corrected chi connectivity index (χ3v) is 3.56. The molecule has 2 aromatic rings. The molecule has 5 heteroatoms. The van der Waals surface area contributed by atoms with E-state index >= 15 is 0 Å². The third kappa shape index (κ3) is 3.44. The molecular weight excluding hydrogens is 299 g/mol. The molecule has 0 aliphatic carbocycles. The van der Waals surface area contributed by atoms with Gasteiger partial charge in [0.05, 0.1) is 15.6 Å². The Morgan fingerprint density at radius 1 is 1.15 bits per heavy atom. The van der Waals surface area contributed by atoms with E-state index in [-0.39, 0.29) is 5.56 Å². The van der Waals surface area contributed by atoms with Crippen molar-refractivity contribution in [2.24, 2.45) is 0 Å². The molecule has 0 fully saturated rings. The average Bonchev–Trinajstić information content (AvgIpc) is 2.40. The van der Waals surface area contributed by atoms with E-state index in [1.807, 2.05) is 6.07 Å². The lowest BCUT2D eigenvalue weighted by molar-refractivity contribution is 0.0696. The number of aromatic carboxylic acids is 1. The molecule has 1 N–H and O–H groups in total. The summed E-state index contributed by atoms with van der Waals surface area (Å²) in [6, 6.07) is 10.1. The van der Waals surface area contributed by atoms with Crippen LogP contribution in [0.1, 0.15) is 21.5 Å². The van der Waals surface area contributed by atoms with Crippen molar-refractivity contribution in [2.75, 3.05) is 0 Å². The van der Waals surface area contributed by atoms with E-state index in [0.717, 1.165) is 5.56 Å². The lowest BCUT2D eigenvalue weighted by Crippen LogP contribution is -2.01. The second-order valence-corrected chi connectivity index (χ2v) is 5.13. The predicted molar refractivity (Wildman–Crippen MR) is 78.9 cm³/mol. The number of rotatable bonds is 4. The lowest BCUT2D eigenvalue weighted by Gasteiger charge is -2.09. The first kappa shape index (κ1) is 14.7. The topological polar surface area (TPSA) is 46.5 Å². The Bertz CT molecular complexity index is 654. The van der Waals surface area contributed by atoms with Gasteiger partial charge in [0, 0.05) is 0 Å². The molecule has 0 radical (unpaired) electrons. The molecule has 104 valence electrons. The van der Waals surface area contributed by atoms with Gasteiger partial charge in [0.1, 0.15) is 12.4 Å². The third-order valence-electron chi connectivity index (χ3n) is 2.82. The standard InChI is InChI=1S/C15H12Cl2O3/c1-9-6-11(3-4-12(9)15(18)19)20-8-10-2-5-13(16)14(17)7-10/h2-7H,8H2,1H3,(H,18,19). The highest BCUT2D eigenvalue weighted by Crippen LogP contribution is 2.24. The van der Waals surface area contributed by atoms with E-state index in [1.54, 1.807) is 31.2 Å². The number of carboxylic acids is 1. The number of carboxylic acid groups (broad SMARTS) is 1. The van der Waals surface area contributed by atoms with E-state index < -0.39 is 5.97 Å². The number of carbonyl (C=O) groups is 1. The number of hydrogen-bond donors (Lipinski definition) is 1. The minimum absolute atomic E-state index is 0.270. The molecule has 2 rings (SSSR count). The number of hydrogen-bond acceptors (Lipinski definition) is 2. The summed E-state index contributed by atoms with van der Waals surface area (Å²) in [5, 5.41) is 9.93. The highest BCUT2D eigenvalue weighted by Gasteiger charge is 2.08. The largest absolute Gasteiger partial charge is 0.489 e. The fourth-order valence-electron chi connectivity index (χ4n) is 1.76. The molecule has 0 saturated carbocycles. The summed E-state index contributed by atoms with van der Waals surface area (Å²) in [6.45, 7) is 2.07. The van der Waals surface area contributed by atoms with Crippen LogP contribution in [0.5, 0.6) is 5.75 Å². The van der Waals surface area contributed by atoms with Crippen LogP contribution in [0.2, 0.25) is 10.0 Å². The van der Waals surface area contributed by atoms with E-state index in [9.17, 15) is 4.79 Å². The van der Waals surface area contributed by atoms with Crippen LogP contribution >= 0.6 is 23.2 Å². The first-order valence-corrected chi connectivity index (χ1v) is 6.63. The maximum absolute atomic E-state index is 10.9. The Hall–Kier alpha value is -1.71. The summed E-state index contributed by atoms with van der Waals surface area (Å²) in [5.41, 5.74) is 1.82. The van der Waals surface area contributed by atoms with Gasteiger partial charge in [-0.05, 0) is 48.4 Å². The van der Waals surface area contributed by atoms with E-state index in [2.05, 4.69) is 0 Å². The predicted octanol–water partition coefficient (Wildman–Crippen LogP) is 4.58. The van der Waals surface area contributed by atoms with Crippen molar-refractivity contribution in [1.82, 2.24) is 0 Å². The summed E-state index contributed by atoms with van der Waals surface area (Å²) in [6.07, 6.45) is 0. The van der Waals surface area contributed by atoms with Crippen LogP contribution in [0.4, 0.5) is 0 Å². The van der Waals surface area contributed by atoms with Gasteiger partial charge in [-0.2, -0.15) is 0 Å². The molecule has 0 atom stereocenters. The molecule has 2 aromatic carbocycles. The van der Waals surface area contributed by atoms with Crippen molar-refractivity contribution < 1.29 is 14.6 Å². The van der Waals surface area contributed by atoms with E-state index in [0.29, 0.717) is 28.0 Å². The Morgan fingerprint density at radius 2 is 1.90 bits per heavy atom. The van der Waals surface area contributed by atoms with Gasteiger partial charge in [-0.1, -0.05) is 29.3 Å². The van der Waals surface area contributed by atoms with Crippen molar-refractivity contribution in [3.05, 3.63) is 63.1 Å². The van der Waals surface area contributed by atoms with Crippen LogP contribution in [0.15, 0.2) is 36.4 Å². The minimum Gasteiger partial charge on any atom is -0.489 e. The van der Waals surface area contributed by atoms with Gasteiger partial charge >= 0.3 is 5.97 Å². The molecule has 0 aliphatic rings. The number of ether oxygens (including phenoxy) is 1. The van der Waals surface area contributed by atoms with Gasteiger partial charge in [0.25, 0.3) is 0 Å². The maximum atomic E-state index is 10.9. The quantitative estimate of drug-likeness (QED) is 0.899. The van der Waals surface area contributed by atoms with Crippen LogP contribution in [0, 0.1) is 6.92 Å². The Morgan fingerprint density at radius 3 is 2.50 bits per heavy atom. The first-order valence-electron chi connectivity index (χ1n) is 5.88. The molecule has 3 nitrogen and oxygen atoms in total. The zero-order chi connectivity index (χ0) is 14.7. The molecule has 0 spiro atoms. The van der Waals surface area contributed by atoms with Crippen LogP contribution in [-0.4, -0.2) is 11.1 Å². The second-order valence-electron chi connectivity index (χ2n) is 4.32. The molecule has 0 saturated heterocycles. The average molecular weight is 311 g/mol. The fourth-order valence-corrected chi connectivity index (χ4v) is 2.08. The smallest absolute Gasteiger partial charge is 0.335 e. The van der Waals surface area contributed by atoms with Crippen LogP contribution in [-0.2, 0) is 6.61 Å². The first-order chi connectivity index (χ1) is 9.47. The lowest BCUT2D eigenvalue weighted by atomic mass is 10.1. The van der Waals surface area contributed by atoms with Gasteiger partial charge < -0.3 is 9.84 Å². The van der Waals surface area contributed by atoms with Crippen LogP contribution in [0.3, 0.4) is 0 Å². The minimum atomic E-state index is -0.946. The number of aryl methyl sites for hydroxylation is 1. The zero-order valence-corrected chi connectivity index (χ0v) is 12.2. The zero-order valence-electron chi connectivity index (χ0n) is 10.7. The summed E-state index contributed by atoms with van der Waals surface area (Å²) in [7, 11) is 0. The normalized spacial score (nSPS) is 10.3. The molecular formula is C15H12Cl2O3. The SMILES string of the molecule is Cc1cc(OCc2ccc(Cl)c(Cl)c2)ccc1C(=O)O. The molecule has 0 heterocycles. The number of halogens is 2. The summed E-state index contributed by atoms with van der Waals surface area (Å²) < 4.78 is 5.61. The van der Waals surface area contributed by atoms with Gasteiger partial charge in [-0.25, -0.2) is 4.79 Å². The van der Waals surface area contributed by atoms with E-state index in [4.69, 9.17) is 33.0 Å². The monoisotopic (exact) mass is 310 g/mol. The van der Waals surface area contributed by atoms with Gasteiger partial charge in [0.2, 0.25) is 0 Å². The highest BCUT2D eigenvalue weighted by molar-refractivity contribution is 6.42. The van der Waals surface area contributed by atoms with Crippen molar-refractivity contribution in [1.29, 1.82) is 0 Å². The maximum Gasteiger partial charge on any atom is 0.335 e. The van der Waals surface area contributed by atoms with Gasteiger partial charge in [-0.3, -0.25) is 0 Å². The summed E-state index contributed by atoms with van der Waals surface area (Å²) >= 11 is 11.8. The second kappa shape index (κ2) is 6.16. The van der Waals surface area contributed by atoms with Crippen LogP contribution < -0.4 is 4.74 Å². The van der Waals surface area contributed by atoms with Gasteiger partial charge in [-0.15, -0.1) is 0 Å². The molecule has 0 aromatic heterocycles. The van der Waals surface area contributed by atoms with Crippen molar-refractivity contribution >= 4 is 29.2 Å². The molecule has 0 amide bonds. The molecule has 20 heavy (non-hydrogen) atoms. The summed E-state index contributed by atoms with van der Waals surface area (Å²) in [4.78, 5) is 10.9. The summed E-state index contributed by atoms with van der Waals surface area (Å²) in [5.74, 6) is -0.336. The Labute approximate surface area is 126 Å². The molecule has 0 aliphatic heterocycles. The molecule has 0 unspecified atom stereocenters. The van der Waals surface area contributed by atoms with Gasteiger partial charge in [0.15, 0.2) is 0 Å². The Balaban J connectivity index is 2.09. The van der Waals surface area contributed by atoms with Crippen molar-refractivity contribution in [3.63, 3.8) is 0 Å². The van der Waals surface area contributed by atoms with Crippen LogP contribution in [0.25, 0.3) is 0 Å². The fraction of sp³-hybridized carbons (Fsp3) is 0.133. The van der Waals surface area contributed by atoms with Crippen molar-refractivity contribution in [2.45, 2.75) is 13.5 Å². The van der Waals surface area contributed by atoms with Crippen molar-refractivity contribution in [3.8, 4) is 5.75 Å². The molecule has 0 bridgehead atoms. The Kier molecular flexibility index (Phi) is 4.53.